The lowest BCUT2D eigenvalue weighted by Crippen LogP contribution is -2.62. The maximum Gasteiger partial charge on any atom is 0.319 e. The first-order valence-corrected chi connectivity index (χ1v) is 9.08. The molecule has 0 unspecified atom stereocenters. The molecular weight excluding hydrogens is 356 g/mol. The molecule has 2 aliphatic rings. The van der Waals surface area contributed by atoms with Gasteiger partial charge in [0.1, 0.15) is 12.1 Å². The second-order valence-electron chi connectivity index (χ2n) is 7.23. The molecule has 3 N–H and O–H groups in total. The summed E-state index contributed by atoms with van der Waals surface area (Å²) in [7, 11) is 0. The van der Waals surface area contributed by atoms with E-state index in [1.54, 1.807) is 23.1 Å². The number of benzene rings is 1. The molecule has 2 heterocycles. The summed E-state index contributed by atoms with van der Waals surface area (Å²) in [6.07, 6.45) is 0.412. The first-order valence-electron chi connectivity index (χ1n) is 8.70. The SMILES string of the molecule is Cc1cc(Cl)ccc1NC(=O)N[C@H]1C[C@H]2C(=O)N[C@@H](C(C)C)C(=O)N2C1. The summed E-state index contributed by atoms with van der Waals surface area (Å²) in [4.78, 5) is 38.7. The summed E-state index contributed by atoms with van der Waals surface area (Å²) in [5.74, 6) is -0.208. The van der Waals surface area contributed by atoms with E-state index < -0.39 is 12.1 Å². The second kappa shape index (κ2) is 7.15. The maximum atomic E-state index is 12.6. The van der Waals surface area contributed by atoms with Gasteiger partial charge < -0.3 is 20.9 Å². The van der Waals surface area contributed by atoms with Crippen molar-refractivity contribution in [3.8, 4) is 0 Å². The number of halogens is 1. The van der Waals surface area contributed by atoms with E-state index >= 15 is 0 Å². The summed E-state index contributed by atoms with van der Waals surface area (Å²) >= 11 is 5.92. The van der Waals surface area contributed by atoms with Crippen LogP contribution in [0.4, 0.5) is 10.5 Å². The van der Waals surface area contributed by atoms with E-state index in [1.807, 2.05) is 20.8 Å². The molecule has 3 rings (SSSR count). The highest BCUT2D eigenvalue weighted by Crippen LogP contribution is 2.25. The number of carbonyl (C=O) groups excluding carboxylic acids is 3. The van der Waals surface area contributed by atoms with Gasteiger partial charge in [0.05, 0.1) is 6.04 Å². The molecule has 0 bridgehead atoms. The fraction of sp³-hybridized carbons (Fsp3) is 0.500. The van der Waals surface area contributed by atoms with Crippen LogP contribution in [0.2, 0.25) is 5.02 Å². The third-order valence-corrected chi connectivity index (χ3v) is 5.12. The molecule has 1 aromatic rings. The lowest BCUT2D eigenvalue weighted by Gasteiger charge is -2.36. The Morgan fingerprint density at radius 2 is 2.08 bits per heavy atom. The number of nitrogens with one attached hydrogen (secondary N) is 3. The van der Waals surface area contributed by atoms with Crippen molar-refractivity contribution in [2.45, 2.75) is 45.3 Å². The number of urea groups is 1. The number of carbonyl (C=O) groups is 3. The van der Waals surface area contributed by atoms with Crippen LogP contribution in [0, 0.1) is 12.8 Å². The third-order valence-electron chi connectivity index (χ3n) is 4.89. The second-order valence-corrected chi connectivity index (χ2v) is 7.66. The molecule has 0 aliphatic carbocycles. The minimum absolute atomic E-state index is 0.0237. The van der Waals surface area contributed by atoms with Crippen LogP contribution in [0.15, 0.2) is 18.2 Å². The standard InChI is InChI=1S/C18H23ClN4O3/c1-9(2)15-17(25)23-8-12(7-14(23)16(24)22-15)20-18(26)21-13-5-4-11(19)6-10(13)3/h4-6,9,12,14-15H,7-8H2,1-3H3,(H,22,24)(H2,20,21,26)/t12-,14-,15-/m0/s1. The molecule has 0 radical (unpaired) electrons. The van der Waals surface area contributed by atoms with Crippen molar-refractivity contribution in [2.75, 3.05) is 11.9 Å². The Balaban J connectivity index is 1.63. The molecule has 140 valence electrons. The van der Waals surface area contributed by atoms with Gasteiger partial charge >= 0.3 is 6.03 Å². The first-order chi connectivity index (χ1) is 12.3. The van der Waals surface area contributed by atoms with E-state index in [0.29, 0.717) is 23.7 Å². The summed E-state index contributed by atoms with van der Waals surface area (Å²) in [5, 5.41) is 9.03. The summed E-state index contributed by atoms with van der Waals surface area (Å²) in [6, 6.07) is 3.56. The molecule has 3 atom stereocenters. The van der Waals surface area contributed by atoms with Gasteiger partial charge in [0.2, 0.25) is 11.8 Å². The minimum atomic E-state index is -0.514. The Labute approximate surface area is 157 Å². The fourth-order valence-electron chi connectivity index (χ4n) is 3.49. The average Bonchev–Trinajstić information content (AvgIpc) is 2.98. The molecule has 0 aromatic heterocycles. The largest absolute Gasteiger partial charge is 0.342 e. The molecule has 8 heteroatoms. The normalized spacial score (nSPS) is 25.1. The molecule has 26 heavy (non-hydrogen) atoms. The van der Waals surface area contributed by atoms with Crippen LogP contribution in [-0.4, -0.2) is 47.4 Å². The number of rotatable bonds is 3. The Morgan fingerprint density at radius 1 is 1.35 bits per heavy atom. The number of anilines is 1. The Bertz CT molecular complexity index is 752. The molecule has 2 fully saturated rings. The fourth-order valence-corrected chi connectivity index (χ4v) is 3.71. The van der Waals surface area contributed by atoms with Crippen LogP contribution >= 0.6 is 11.6 Å². The zero-order valence-electron chi connectivity index (χ0n) is 15.0. The Hall–Kier alpha value is -2.28. The molecule has 7 nitrogen and oxygen atoms in total. The molecule has 0 spiro atoms. The lowest BCUT2D eigenvalue weighted by atomic mass is 9.98. The van der Waals surface area contributed by atoms with Crippen LogP contribution in [0.1, 0.15) is 25.8 Å². The van der Waals surface area contributed by atoms with E-state index in [0.717, 1.165) is 5.56 Å². The molecular formula is C18H23ClN4O3. The Morgan fingerprint density at radius 3 is 2.73 bits per heavy atom. The maximum absolute atomic E-state index is 12.6. The van der Waals surface area contributed by atoms with Crippen LogP contribution in [-0.2, 0) is 9.59 Å². The van der Waals surface area contributed by atoms with Gasteiger partial charge in [-0.3, -0.25) is 9.59 Å². The molecule has 4 amide bonds. The van der Waals surface area contributed by atoms with Crippen molar-refractivity contribution in [1.82, 2.24) is 15.5 Å². The van der Waals surface area contributed by atoms with Gasteiger partial charge in [0, 0.05) is 17.3 Å². The van der Waals surface area contributed by atoms with E-state index in [-0.39, 0.29) is 29.8 Å². The van der Waals surface area contributed by atoms with Crippen molar-refractivity contribution in [2.24, 2.45) is 5.92 Å². The van der Waals surface area contributed by atoms with Crippen LogP contribution < -0.4 is 16.0 Å². The highest BCUT2D eigenvalue weighted by molar-refractivity contribution is 6.30. The molecule has 1 aromatic carbocycles. The first kappa shape index (κ1) is 18.5. The number of hydrogen-bond donors (Lipinski definition) is 3. The smallest absolute Gasteiger partial charge is 0.319 e. The van der Waals surface area contributed by atoms with Gasteiger partial charge in [-0.05, 0) is 43.0 Å². The topological polar surface area (TPSA) is 90.5 Å². The van der Waals surface area contributed by atoms with E-state index in [2.05, 4.69) is 16.0 Å². The quantitative estimate of drug-likeness (QED) is 0.750. The lowest BCUT2D eigenvalue weighted by molar-refractivity contribution is -0.148. The minimum Gasteiger partial charge on any atom is -0.342 e. The predicted molar refractivity (Wildman–Crippen MR) is 99.0 cm³/mol. The van der Waals surface area contributed by atoms with Gasteiger partial charge in [0.25, 0.3) is 0 Å². The molecule has 2 aliphatic heterocycles. The van der Waals surface area contributed by atoms with E-state index in [1.165, 1.54) is 0 Å². The number of aryl methyl sites for hydroxylation is 1. The molecule has 0 saturated carbocycles. The van der Waals surface area contributed by atoms with Gasteiger partial charge in [-0.15, -0.1) is 0 Å². The average molecular weight is 379 g/mol. The monoisotopic (exact) mass is 378 g/mol. The van der Waals surface area contributed by atoms with Crippen molar-refractivity contribution in [3.05, 3.63) is 28.8 Å². The zero-order valence-corrected chi connectivity index (χ0v) is 15.8. The number of nitrogens with zero attached hydrogens (tertiary/aromatic N) is 1. The highest BCUT2D eigenvalue weighted by Gasteiger charge is 2.47. The van der Waals surface area contributed by atoms with E-state index in [4.69, 9.17) is 11.6 Å². The van der Waals surface area contributed by atoms with Crippen molar-refractivity contribution >= 4 is 35.1 Å². The van der Waals surface area contributed by atoms with Gasteiger partial charge in [0.15, 0.2) is 0 Å². The summed E-state index contributed by atoms with van der Waals surface area (Å²) < 4.78 is 0. The van der Waals surface area contributed by atoms with Crippen LogP contribution in [0.5, 0.6) is 0 Å². The van der Waals surface area contributed by atoms with Gasteiger partial charge in [-0.1, -0.05) is 25.4 Å². The number of fused-ring (bicyclic) bond motifs is 1. The van der Waals surface area contributed by atoms with Crippen LogP contribution in [0.3, 0.4) is 0 Å². The number of piperazine rings is 1. The summed E-state index contributed by atoms with van der Waals surface area (Å²) in [6.45, 7) is 5.99. The molecule has 2 saturated heterocycles. The number of amides is 4. The van der Waals surface area contributed by atoms with E-state index in [9.17, 15) is 14.4 Å². The van der Waals surface area contributed by atoms with Gasteiger partial charge in [-0.2, -0.15) is 0 Å². The predicted octanol–water partition coefficient (Wildman–Crippen LogP) is 1.89. The zero-order chi connectivity index (χ0) is 19.0. The van der Waals surface area contributed by atoms with Crippen molar-refractivity contribution in [1.29, 1.82) is 0 Å². The third kappa shape index (κ3) is 3.62. The van der Waals surface area contributed by atoms with Crippen molar-refractivity contribution < 1.29 is 14.4 Å². The Kier molecular flexibility index (Phi) is 5.09. The number of hydrogen-bond acceptors (Lipinski definition) is 3. The van der Waals surface area contributed by atoms with Gasteiger partial charge in [-0.25, -0.2) is 4.79 Å². The summed E-state index contributed by atoms with van der Waals surface area (Å²) in [5.41, 5.74) is 1.52. The highest BCUT2D eigenvalue weighted by atomic mass is 35.5. The van der Waals surface area contributed by atoms with Crippen LogP contribution in [0.25, 0.3) is 0 Å². The van der Waals surface area contributed by atoms with Crippen molar-refractivity contribution in [3.63, 3.8) is 0 Å².